The summed E-state index contributed by atoms with van der Waals surface area (Å²) in [6, 6.07) is 6.70. The number of hydrogen-bond acceptors (Lipinski definition) is 5. The third-order valence-electron chi connectivity index (χ3n) is 2.04. The maximum Gasteiger partial charge on any atom is 0.306 e. The van der Waals surface area contributed by atoms with E-state index >= 15 is 0 Å². The molecular formula is C10H11NO4S. The molecule has 0 fully saturated rings. The van der Waals surface area contributed by atoms with E-state index in [1.165, 1.54) is 0 Å². The Labute approximate surface area is 93.8 Å². The van der Waals surface area contributed by atoms with Gasteiger partial charge in [0.2, 0.25) is 0 Å². The summed E-state index contributed by atoms with van der Waals surface area (Å²) in [4.78, 5) is 4.88. The molecule has 0 amide bonds. The first-order chi connectivity index (χ1) is 7.54. The summed E-state index contributed by atoms with van der Waals surface area (Å²) >= 11 is 0. The fourth-order valence-corrected chi connectivity index (χ4v) is 1.85. The molecule has 2 rings (SSSR count). The van der Waals surface area contributed by atoms with Gasteiger partial charge in [-0.3, -0.25) is 0 Å². The van der Waals surface area contributed by atoms with Crippen LogP contribution in [0.15, 0.2) is 29.4 Å². The highest BCUT2D eigenvalue weighted by Crippen LogP contribution is 2.17. The van der Waals surface area contributed by atoms with Crippen LogP contribution in [0.1, 0.15) is 12.0 Å². The molecule has 1 aliphatic heterocycles. The van der Waals surface area contributed by atoms with Crippen molar-refractivity contribution in [2.24, 2.45) is 5.16 Å². The van der Waals surface area contributed by atoms with Crippen molar-refractivity contribution in [2.45, 2.75) is 6.42 Å². The number of oxime groups is 1. The van der Waals surface area contributed by atoms with E-state index in [9.17, 15) is 8.42 Å². The Morgan fingerprint density at radius 2 is 2.00 bits per heavy atom. The highest BCUT2D eigenvalue weighted by atomic mass is 32.2. The molecule has 6 heteroatoms. The topological polar surface area (TPSA) is 65.0 Å². The lowest BCUT2D eigenvalue weighted by Crippen LogP contribution is -2.06. The first kappa shape index (κ1) is 10.9. The van der Waals surface area contributed by atoms with Gasteiger partial charge in [-0.25, -0.2) is 0 Å². The van der Waals surface area contributed by atoms with E-state index in [0.717, 1.165) is 24.0 Å². The first-order valence-electron chi connectivity index (χ1n) is 4.73. The van der Waals surface area contributed by atoms with Gasteiger partial charge in [-0.1, -0.05) is 5.16 Å². The van der Waals surface area contributed by atoms with Crippen molar-refractivity contribution in [1.29, 1.82) is 0 Å². The van der Waals surface area contributed by atoms with Gasteiger partial charge in [-0.2, -0.15) is 8.42 Å². The molecule has 5 nitrogen and oxygen atoms in total. The zero-order chi connectivity index (χ0) is 11.6. The van der Waals surface area contributed by atoms with Crippen molar-refractivity contribution in [3.8, 4) is 5.75 Å². The summed E-state index contributed by atoms with van der Waals surface area (Å²) in [5, 5.41) is 3.87. The van der Waals surface area contributed by atoms with E-state index in [4.69, 9.17) is 9.02 Å². The smallest absolute Gasteiger partial charge is 0.306 e. The van der Waals surface area contributed by atoms with Gasteiger partial charge < -0.3 is 9.02 Å². The highest BCUT2D eigenvalue weighted by Gasteiger charge is 2.11. The molecule has 1 heterocycles. The molecule has 1 aromatic rings. The van der Waals surface area contributed by atoms with Crippen LogP contribution in [-0.2, 0) is 15.0 Å². The van der Waals surface area contributed by atoms with E-state index in [1.54, 1.807) is 24.3 Å². The summed E-state index contributed by atoms with van der Waals surface area (Å²) in [7, 11) is -3.46. The molecular weight excluding hydrogens is 230 g/mol. The third kappa shape index (κ3) is 2.73. The Morgan fingerprint density at radius 1 is 1.31 bits per heavy atom. The quantitative estimate of drug-likeness (QED) is 0.744. The van der Waals surface area contributed by atoms with Crippen LogP contribution in [0.25, 0.3) is 0 Å². The van der Waals surface area contributed by atoms with Gasteiger partial charge >= 0.3 is 10.1 Å². The Morgan fingerprint density at radius 3 is 2.50 bits per heavy atom. The minimum atomic E-state index is -3.46. The molecule has 86 valence electrons. The zero-order valence-corrected chi connectivity index (χ0v) is 9.53. The molecule has 0 saturated carbocycles. The van der Waals surface area contributed by atoms with Crippen molar-refractivity contribution in [2.75, 3.05) is 12.9 Å². The van der Waals surface area contributed by atoms with Gasteiger partial charge in [-0.15, -0.1) is 0 Å². The number of rotatable bonds is 3. The Balaban J connectivity index is 2.16. The van der Waals surface area contributed by atoms with Crippen molar-refractivity contribution < 1.29 is 17.4 Å². The summed E-state index contributed by atoms with van der Waals surface area (Å²) < 4.78 is 26.5. The van der Waals surface area contributed by atoms with Gasteiger partial charge in [-0.05, 0) is 29.8 Å². The van der Waals surface area contributed by atoms with Crippen molar-refractivity contribution in [1.82, 2.24) is 0 Å². The maximum atomic E-state index is 10.9. The molecule has 16 heavy (non-hydrogen) atoms. The van der Waals surface area contributed by atoms with Crippen LogP contribution in [0, 0.1) is 0 Å². The molecule has 0 bridgehead atoms. The Hall–Kier alpha value is -1.56. The van der Waals surface area contributed by atoms with Gasteiger partial charge in [0.1, 0.15) is 12.4 Å². The monoisotopic (exact) mass is 241 g/mol. The fraction of sp³-hybridized carbons (Fsp3) is 0.300. The molecule has 1 aliphatic rings. The second-order valence-corrected chi connectivity index (χ2v) is 5.01. The normalized spacial score (nSPS) is 15.4. The zero-order valence-electron chi connectivity index (χ0n) is 8.71. The van der Waals surface area contributed by atoms with Crippen molar-refractivity contribution in [3.05, 3.63) is 29.8 Å². The molecule has 0 saturated heterocycles. The Bertz CT molecular complexity index is 504. The minimum absolute atomic E-state index is 0.297. The number of benzene rings is 1. The average molecular weight is 241 g/mol. The van der Waals surface area contributed by atoms with Crippen LogP contribution in [0.5, 0.6) is 5.75 Å². The second kappa shape index (κ2) is 4.13. The predicted octanol–water partition coefficient (Wildman–Crippen LogP) is 1.15. The van der Waals surface area contributed by atoms with Crippen LogP contribution in [0.2, 0.25) is 0 Å². The summed E-state index contributed by atoms with van der Waals surface area (Å²) in [6.07, 6.45) is 1.78. The van der Waals surface area contributed by atoms with Crippen LogP contribution < -0.4 is 4.18 Å². The molecule has 1 aromatic carbocycles. The largest absolute Gasteiger partial charge is 0.395 e. The lowest BCUT2D eigenvalue weighted by Gasteiger charge is -2.03. The van der Waals surface area contributed by atoms with Crippen LogP contribution in [0.3, 0.4) is 0 Å². The minimum Gasteiger partial charge on any atom is -0.395 e. The highest BCUT2D eigenvalue weighted by molar-refractivity contribution is 7.86. The molecule has 0 aliphatic carbocycles. The average Bonchev–Trinajstić information content (AvgIpc) is 2.69. The molecule has 0 aromatic heterocycles. The van der Waals surface area contributed by atoms with E-state index < -0.39 is 10.1 Å². The van der Waals surface area contributed by atoms with Gasteiger partial charge in [0.05, 0.1) is 12.0 Å². The van der Waals surface area contributed by atoms with Crippen LogP contribution in [-0.4, -0.2) is 27.0 Å². The molecule has 0 atom stereocenters. The van der Waals surface area contributed by atoms with Crippen LogP contribution in [0.4, 0.5) is 0 Å². The lowest BCUT2D eigenvalue weighted by molar-refractivity contribution is 0.174. The van der Waals surface area contributed by atoms with E-state index in [-0.39, 0.29) is 0 Å². The fourth-order valence-electron chi connectivity index (χ4n) is 1.39. The maximum absolute atomic E-state index is 10.9. The van der Waals surface area contributed by atoms with E-state index in [1.807, 2.05) is 0 Å². The molecule has 0 radical (unpaired) electrons. The van der Waals surface area contributed by atoms with Gasteiger partial charge in [0, 0.05) is 6.42 Å². The SMILES string of the molecule is CS(=O)(=O)Oc1ccc(C2=NOCC2)cc1. The number of nitrogens with zero attached hydrogens (tertiary/aromatic N) is 1. The second-order valence-electron chi connectivity index (χ2n) is 3.43. The van der Waals surface area contributed by atoms with Gasteiger partial charge in [0.15, 0.2) is 0 Å². The number of hydrogen-bond donors (Lipinski definition) is 0. The first-order valence-corrected chi connectivity index (χ1v) is 6.55. The van der Waals surface area contributed by atoms with Crippen molar-refractivity contribution in [3.63, 3.8) is 0 Å². The molecule has 0 N–H and O–H groups in total. The third-order valence-corrected chi connectivity index (χ3v) is 2.54. The lowest BCUT2D eigenvalue weighted by atomic mass is 10.1. The molecule has 0 spiro atoms. The van der Waals surface area contributed by atoms with Crippen LogP contribution >= 0.6 is 0 Å². The molecule has 0 unspecified atom stereocenters. The standard InChI is InChI=1S/C10H11NO4S/c1-16(12,13)15-9-4-2-8(3-5-9)10-6-7-14-11-10/h2-5H,6-7H2,1H3. The summed E-state index contributed by atoms with van der Waals surface area (Å²) in [5.74, 6) is 0.297. The summed E-state index contributed by atoms with van der Waals surface area (Å²) in [5.41, 5.74) is 1.78. The van der Waals surface area contributed by atoms with E-state index in [2.05, 4.69) is 5.16 Å². The Kier molecular flexibility index (Phi) is 2.82. The van der Waals surface area contributed by atoms with Crippen molar-refractivity contribution >= 4 is 15.8 Å². The van der Waals surface area contributed by atoms with Gasteiger partial charge in [0.25, 0.3) is 0 Å². The predicted molar refractivity (Wildman–Crippen MR) is 59.0 cm³/mol. The van der Waals surface area contributed by atoms with E-state index in [0.29, 0.717) is 12.4 Å². The summed E-state index contributed by atoms with van der Waals surface area (Å²) in [6.45, 7) is 0.594.